The standard InChI is InChI=1S/C13H19NO/c1-10(15)7-11-3-4-13-9-14(2)6-5-12(13)8-11/h3-4,8,10,15H,5-7,9H2,1-2H3. The second-order valence-corrected chi connectivity index (χ2v) is 4.64. The molecule has 1 unspecified atom stereocenters. The number of likely N-dealkylation sites (N-methyl/N-ethyl adjacent to an activating group) is 1. The smallest absolute Gasteiger partial charge is 0.0552 e. The lowest BCUT2D eigenvalue weighted by molar-refractivity contribution is 0.195. The highest BCUT2D eigenvalue weighted by Gasteiger charge is 2.13. The van der Waals surface area contributed by atoms with Crippen LogP contribution in [0.4, 0.5) is 0 Å². The van der Waals surface area contributed by atoms with Crippen LogP contribution in [0.3, 0.4) is 0 Å². The van der Waals surface area contributed by atoms with Gasteiger partial charge in [-0.25, -0.2) is 0 Å². The van der Waals surface area contributed by atoms with Gasteiger partial charge in [0.05, 0.1) is 6.10 Å². The van der Waals surface area contributed by atoms with Crippen LogP contribution in [0.2, 0.25) is 0 Å². The SMILES string of the molecule is CC(O)Cc1ccc2c(c1)CCN(C)C2. The Morgan fingerprint density at radius 2 is 2.20 bits per heavy atom. The summed E-state index contributed by atoms with van der Waals surface area (Å²) in [6.45, 7) is 4.04. The molecule has 1 heterocycles. The maximum Gasteiger partial charge on any atom is 0.0552 e. The van der Waals surface area contributed by atoms with Crippen LogP contribution in [0.1, 0.15) is 23.6 Å². The minimum Gasteiger partial charge on any atom is -0.393 e. The molecule has 2 nitrogen and oxygen atoms in total. The van der Waals surface area contributed by atoms with Crippen molar-refractivity contribution in [3.63, 3.8) is 0 Å². The molecule has 1 aromatic rings. The molecule has 0 saturated heterocycles. The van der Waals surface area contributed by atoms with E-state index >= 15 is 0 Å². The van der Waals surface area contributed by atoms with Gasteiger partial charge >= 0.3 is 0 Å². The lowest BCUT2D eigenvalue weighted by atomic mass is 9.96. The van der Waals surface area contributed by atoms with Gasteiger partial charge in [-0.15, -0.1) is 0 Å². The van der Waals surface area contributed by atoms with Crippen LogP contribution in [0.25, 0.3) is 0 Å². The summed E-state index contributed by atoms with van der Waals surface area (Å²) >= 11 is 0. The largest absolute Gasteiger partial charge is 0.393 e. The number of aliphatic hydroxyl groups excluding tert-OH is 1. The topological polar surface area (TPSA) is 23.5 Å². The molecule has 0 spiro atoms. The van der Waals surface area contributed by atoms with Crippen molar-refractivity contribution in [2.24, 2.45) is 0 Å². The molecule has 1 aliphatic heterocycles. The summed E-state index contributed by atoms with van der Waals surface area (Å²) in [5.41, 5.74) is 4.16. The van der Waals surface area contributed by atoms with Crippen molar-refractivity contribution in [2.45, 2.75) is 32.4 Å². The average Bonchev–Trinajstić information content (AvgIpc) is 2.17. The average molecular weight is 205 g/mol. The third-order valence-corrected chi connectivity index (χ3v) is 3.00. The predicted molar refractivity (Wildman–Crippen MR) is 61.9 cm³/mol. The van der Waals surface area contributed by atoms with Crippen molar-refractivity contribution in [2.75, 3.05) is 13.6 Å². The summed E-state index contributed by atoms with van der Waals surface area (Å²) in [7, 11) is 2.16. The molecular formula is C13H19NO. The van der Waals surface area contributed by atoms with E-state index in [2.05, 4.69) is 30.1 Å². The Kier molecular flexibility index (Phi) is 3.08. The van der Waals surface area contributed by atoms with Gasteiger partial charge in [0.1, 0.15) is 0 Å². The van der Waals surface area contributed by atoms with Crippen LogP contribution in [0.15, 0.2) is 18.2 Å². The molecule has 15 heavy (non-hydrogen) atoms. The molecule has 82 valence electrons. The Morgan fingerprint density at radius 1 is 1.40 bits per heavy atom. The molecule has 0 aliphatic carbocycles. The van der Waals surface area contributed by atoms with E-state index in [9.17, 15) is 5.11 Å². The zero-order valence-corrected chi connectivity index (χ0v) is 9.53. The highest BCUT2D eigenvalue weighted by molar-refractivity contribution is 5.34. The van der Waals surface area contributed by atoms with E-state index in [0.717, 1.165) is 25.9 Å². The first-order valence-electron chi connectivity index (χ1n) is 5.62. The number of fused-ring (bicyclic) bond motifs is 1. The Hall–Kier alpha value is -0.860. The minimum atomic E-state index is -0.241. The second kappa shape index (κ2) is 4.33. The zero-order chi connectivity index (χ0) is 10.8. The van der Waals surface area contributed by atoms with Crippen molar-refractivity contribution in [3.8, 4) is 0 Å². The Bertz CT molecular complexity index is 346. The molecular weight excluding hydrogens is 186 g/mol. The fraction of sp³-hybridized carbons (Fsp3) is 0.538. The Balaban J connectivity index is 2.19. The summed E-state index contributed by atoms with van der Waals surface area (Å²) in [4.78, 5) is 2.34. The Labute approximate surface area is 91.5 Å². The normalized spacial score (nSPS) is 18.6. The maximum atomic E-state index is 9.34. The molecule has 1 aromatic carbocycles. The number of benzene rings is 1. The van der Waals surface area contributed by atoms with E-state index in [0.29, 0.717) is 0 Å². The molecule has 0 radical (unpaired) electrons. The summed E-state index contributed by atoms with van der Waals surface area (Å²) < 4.78 is 0. The number of hydrogen-bond acceptors (Lipinski definition) is 2. The maximum absolute atomic E-state index is 9.34. The Morgan fingerprint density at radius 3 is 2.93 bits per heavy atom. The van der Waals surface area contributed by atoms with Crippen LogP contribution < -0.4 is 0 Å². The van der Waals surface area contributed by atoms with Gasteiger partial charge < -0.3 is 10.0 Å². The number of aliphatic hydroxyl groups is 1. The quantitative estimate of drug-likeness (QED) is 0.792. The fourth-order valence-corrected chi connectivity index (χ4v) is 2.22. The lowest BCUT2D eigenvalue weighted by Gasteiger charge is -2.25. The molecule has 0 amide bonds. The summed E-state index contributed by atoms with van der Waals surface area (Å²) in [5.74, 6) is 0. The predicted octanol–water partition coefficient (Wildman–Crippen LogP) is 1.60. The van der Waals surface area contributed by atoms with E-state index in [1.54, 1.807) is 0 Å². The molecule has 0 fully saturated rings. The number of hydrogen-bond donors (Lipinski definition) is 1. The van der Waals surface area contributed by atoms with E-state index in [-0.39, 0.29) is 6.10 Å². The van der Waals surface area contributed by atoms with Gasteiger partial charge in [0, 0.05) is 13.1 Å². The molecule has 0 saturated carbocycles. The fourth-order valence-electron chi connectivity index (χ4n) is 2.22. The van der Waals surface area contributed by atoms with Crippen LogP contribution >= 0.6 is 0 Å². The molecule has 0 bridgehead atoms. The third kappa shape index (κ3) is 2.58. The monoisotopic (exact) mass is 205 g/mol. The van der Waals surface area contributed by atoms with Crippen LogP contribution in [-0.2, 0) is 19.4 Å². The minimum absolute atomic E-state index is 0.241. The first kappa shape index (κ1) is 10.7. The van der Waals surface area contributed by atoms with Crippen molar-refractivity contribution < 1.29 is 5.11 Å². The molecule has 2 heteroatoms. The highest BCUT2D eigenvalue weighted by atomic mass is 16.3. The van der Waals surface area contributed by atoms with Crippen molar-refractivity contribution in [1.82, 2.24) is 4.90 Å². The molecule has 0 aromatic heterocycles. The molecule has 1 N–H and O–H groups in total. The van der Waals surface area contributed by atoms with E-state index in [1.165, 1.54) is 16.7 Å². The van der Waals surface area contributed by atoms with Crippen LogP contribution in [-0.4, -0.2) is 29.7 Å². The zero-order valence-electron chi connectivity index (χ0n) is 9.53. The van der Waals surface area contributed by atoms with Gasteiger partial charge in [0.25, 0.3) is 0 Å². The van der Waals surface area contributed by atoms with Gasteiger partial charge in [-0.1, -0.05) is 18.2 Å². The van der Waals surface area contributed by atoms with Gasteiger partial charge in [-0.3, -0.25) is 0 Å². The first-order chi connectivity index (χ1) is 7.15. The highest BCUT2D eigenvalue weighted by Crippen LogP contribution is 2.20. The summed E-state index contributed by atoms with van der Waals surface area (Å²) in [6.07, 6.45) is 1.66. The van der Waals surface area contributed by atoms with E-state index in [4.69, 9.17) is 0 Å². The third-order valence-electron chi connectivity index (χ3n) is 3.00. The number of rotatable bonds is 2. The first-order valence-corrected chi connectivity index (χ1v) is 5.62. The van der Waals surface area contributed by atoms with Gasteiger partial charge in [0.15, 0.2) is 0 Å². The van der Waals surface area contributed by atoms with Crippen molar-refractivity contribution in [1.29, 1.82) is 0 Å². The van der Waals surface area contributed by atoms with Crippen LogP contribution in [0.5, 0.6) is 0 Å². The lowest BCUT2D eigenvalue weighted by Crippen LogP contribution is -2.26. The molecule has 1 atom stereocenters. The molecule has 1 aliphatic rings. The van der Waals surface area contributed by atoms with Crippen LogP contribution in [0, 0.1) is 0 Å². The molecule has 2 rings (SSSR count). The van der Waals surface area contributed by atoms with Crippen molar-refractivity contribution in [3.05, 3.63) is 34.9 Å². The summed E-state index contributed by atoms with van der Waals surface area (Å²) in [6, 6.07) is 6.61. The van der Waals surface area contributed by atoms with Gasteiger partial charge in [-0.2, -0.15) is 0 Å². The summed E-state index contributed by atoms with van der Waals surface area (Å²) in [5, 5.41) is 9.34. The van der Waals surface area contributed by atoms with Gasteiger partial charge in [0.2, 0.25) is 0 Å². The van der Waals surface area contributed by atoms with Gasteiger partial charge in [-0.05, 0) is 43.5 Å². The second-order valence-electron chi connectivity index (χ2n) is 4.64. The number of nitrogens with zero attached hydrogens (tertiary/aromatic N) is 1. The van der Waals surface area contributed by atoms with E-state index < -0.39 is 0 Å². The van der Waals surface area contributed by atoms with Crippen molar-refractivity contribution >= 4 is 0 Å². The van der Waals surface area contributed by atoms with E-state index in [1.807, 2.05) is 6.92 Å².